The summed E-state index contributed by atoms with van der Waals surface area (Å²) in [6, 6.07) is 5.99. The maximum atomic E-state index is 11.8. The number of hydrogen-bond acceptors (Lipinski definition) is 3. The van der Waals surface area contributed by atoms with Gasteiger partial charge in [0.1, 0.15) is 6.10 Å². The van der Waals surface area contributed by atoms with Crippen molar-refractivity contribution in [1.29, 1.82) is 0 Å². The molecule has 0 aliphatic carbocycles. The average molecular weight is 248 g/mol. The van der Waals surface area contributed by atoms with Crippen molar-refractivity contribution in [3.63, 3.8) is 0 Å². The fourth-order valence-corrected chi connectivity index (χ4v) is 1.63. The molecule has 0 aliphatic rings. The van der Waals surface area contributed by atoms with Crippen LogP contribution in [-0.2, 0) is 4.74 Å². The van der Waals surface area contributed by atoms with Gasteiger partial charge in [-0.15, -0.1) is 6.58 Å². The highest BCUT2D eigenvalue weighted by molar-refractivity contribution is 6.02. The molecule has 1 rings (SSSR count). The van der Waals surface area contributed by atoms with Crippen LogP contribution in [0.4, 0.5) is 0 Å². The summed E-state index contributed by atoms with van der Waals surface area (Å²) >= 11 is 0. The van der Waals surface area contributed by atoms with Gasteiger partial charge in [0.2, 0.25) is 0 Å². The van der Waals surface area contributed by atoms with Gasteiger partial charge < -0.3 is 9.84 Å². The van der Waals surface area contributed by atoms with Crippen LogP contribution >= 0.6 is 0 Å². The lowest BCUT2D eigenvalue weighted by Crippen LogP contribution is -2.17. The minimum atomic E-state index is -1.14. The number of carboxylic acids is 1. The van der Waals surface area contributed by atoms with Gasteiger partial charge in [-0.2, -0.15) is 0 Å². The molecule has 1 aromatic carbocycles. The molecule has 0 spiro atoms. The van der Waals surface area contributed by atoms with Crippen molar-refractivity contribution in [2.24, 2.45) is 0 Å². The number of aromatic carboxylic acids is 1. The number of benzene rings is 1. The summed E-state index contributed by atoms with van der Waals surface area (Å²) in [5.74, 6) is -1.77. The Hall–Kier alpha value is -2.10. The number of carboxylic acid groups (broad SMARTS) is 1. The Balaban J connectivity index is 2.84. The van der Waals surface area contributed by atoms with Crippen LogP contribution in [0.15, 0.2) is 36.4 Å². The molecule has 0 unspecified atom stereocenters. The lowest BCUT2D eigenvalue weighted by Gasteiger charge is -2.13. The van der Waals surface area contributed by atoms with Gasteiger partial charge in [-0.1, -0.05) is 17.7 Å². The van der Waals surface area contributed by atoms with Crippen LogP contribution in [0, 0.1) is 0 Å². The monoisotopic (exact) mass is 248 g/mol. The molecule has 0 saturated carbocycles. The van der Waals surface area contributed by atoms with Gasteiger partial charge in [-0.05, 0) is 26.0 Å². The van der Waals surface area contributed by atoms with E-state index in [4.69, 9.17) is 9.84 Å². The first-order valence-corrected chi connectivity index (χ1v) is 5.59. The first-order chi connectivity index (χ1) is 8.41. The van der Waals surface area contributed by atoms with Gasteiger partial charge in [0.25, 0.3) is 0 Å². The van der Waals surface area contributed by atoms with Crippen LogP contribution in [0.25, 0.3) is 0 Å². The zero-order valence-electron chi connectivity index (χ0n) is 10.5. The average Bonchev–Trinajstić information content (AvgIpc) is 2.27. The molecule has 4 heteroatoms. The van der Waals surface area contributed by atoms with E-state index in [0.29, 0.717) is 6.42 Å². The van der Waals surface area contributed by atoms with Crippen molar-refractivity contribution in [3.05, 3.63) is 47.5 Å². The summed E-state index contributed by atoms with van der Waals surface area (Å²) in [7, 11) is 0. The molecule has 18 heavy (non-hydrogen) atoms. The van der Waals surface area contributed by atoms with Crippen molar-refractivity contribution >= 4 is 11.9 Å². The number of carbonyl (C=O) groups excluding carboxylic acids is 1. The summed E-state index contributed by atoms with van der Waals surface area (Å²) in [5, 5.41) is 8.97. The molecule has 0 amide bonds. The Morgan fingerprint density at radius 3 is 2.39 bits per heavy atom. The minimum absolute atomic E-state index is 0.0509. The predicted molar refractivity (Wildman–Crippen MR) is 67.7 cm³/mol. The van der Waals surface area contributed by atoms with Crippen LogP contribution < -0.4 is 0 Å². The van der Waals surface area contributed by atoms with Crippen molar-refractivity contribution in [2.45, 2.75) is 26.4 Å². The van der Waals surface area contributed by atoms with E-state index in [1.807, 2.05) is 6.92 Å². The summed E-state index contributed by atoms with van der Waals surface area (Å²) in [6.45, 7) is 7.32. The molecule has 1 N–H and O–H groups in total. The highest BCUT2D eigenvalue weighted by Crippen LogP contribution is 2.13. The second-order valence-corrected chi connectivity index (χ2v) is 4.23. The number of carbonyl (C=O) groups is 2. The van der Waals surface area contributed by atoms with Crippen molar-refractivity contribution in [3.8, 4) is 0 Å². The van der Waals surface area contributed by atoms with E-state index in [1.165, 1.54) is 12.1 Å². The van der Waals surface area contributed by atoms with E-state index in [9.17, 15) is 9.59 Å². The SMILES string of the molecule is C=C(C)C[C@@H](C)OC(=O)c1ccccc1C(=O)O. The lowest BCUT2D eigenvalue weighted by molar-refractivity contribution is 0.0337. The molecule has 1 aromatic rings. The molecule has 0 heterocycles. The van der Waals surface area contributed by atoms with Gasteiger partial charge >= 0.3 is 11.9 Å². The van der Waals surface area contributed by atoms with E-state index >= 15 is 0 Å². The largest absolute Gasteiger partial charge is 0.478 e. The minimum Gasteiger partial charge on any atom is -0.478 e. The normalized spacial score (nSPS) is 11.7. The highest BCUT2D eigenvalue weighted by atomic mass is 16.5. The van der Waals surface area contributed by atoms with E-state index in [1.54, 1.807) is 19.1 Å². The first-order valence-electron chi connectivity index (χ1n) is 5.59. The zero-order chi connectivity index (χ0) is 13.7. The smallest absolute Gasteiger partial charge is 0.339 e. The molecule has 0 aliphatic heterocycles. The van der Waals surface area contributed by atoms with Gasteiger partial charge in [0.15, 0.2) is 0 Å². The second kappa shape index (κ2) is 6.00. The predicted octanol–water partition coefficient (Wildman–Crippen LogP) is 2.90. The van der Waals surface area contributed by atoms with Crippen LogP contribution in [0.1, 0.15) is 41.0 Å². The third-order valence-electron chi connectivity index (χ3n) is 2.32. The fraction of sp³-hybridized carbons (Fsp3) is 0.286. The van der Waals surface area contributed by atoms with Crippen molar-refractivity contribution in [2.75, 3.05) is 0 Å². The molecular weight excluding hydrogens is 232 g/mol. The van der Waals surface area contributed by atoms with Crippen LogP contribution in [0.5, 0.6) is 0 Å². The van der Waals surface area contributed by atoms with Crippen LogP contribution in [0.3, 0.4) is 0 Å². The summed E-state index contributed by atoms with van der Waals surface area (Å²) < 4.78 is 5.17. The number of rotatable bonds is 5. The van der Waals surface area contributed by atoms with E-state index < -0.39 is 11.9 Å². The Bertz CT molecular complexity index is 476. The molecule has 1 atom stereocenters. The molecular formula is C14H16O4. The third kappa shape index (κ3) is 3.73. The molecule has 0 aromatic heterocycles. The van der Waals surface area contributed by atoms with Gasteiger partial charge in [-0.25, -0.2) is 9.59 Å². The quantitative estimate of drug-likeness (QED) is 0.642. The lowest BCUT2D eigenvalue weighted by atomic mass is 10.1. The summed E-state index contributed by atoms with van der Waals surface area (Å²) in [5.41, 5.74) is 0.922. The summed E-state index contributed by atoms with van der Waals surface area (Å²) in [4.78, 5) is 22.8. The van der Waals surface area contributed by atoms with Gasteiger partial charge in [-0.3, -0.25) is 0 Å². The van der Waals surface area contributed by atoms with Crippen LogP contribution in [0.2, 0.25) is 0 Å². The van der Waals surface area contributed by atoms with Gasteiger partial charge in [0, 0.05) is 6.42 Å². The van der Waals surface area contributed by atoms with Gasteiger partial charge in [0.05, 0.1) is 11.1 Å². The standard InChI is InChI=1S/C14H16O4/c1-9(2)8-10(3)18-14(17)12-7-5-4-6-11(12)13(15)16/h4-7,10H,1,8H2,2-3H3,(H,15,16)/t10-/m1/s1. The maximum absolute atomic E-state index is 11.8. The fourth-order valence-electron chi connectivity index (χ4n) is 1.63. The molecule has 96 valence electrons. The van der Waals surface area contributed by atoms with E-state index in [0.717, 1.165) is 5.57 Å². The Kier molecular flexibility index (Phi) is 4.66. The Morgan fingerprint density at radius 1 is 1.33 bits per heavy atom. The van der Waals surface area contributed by atoms with E-state index in [2.05, 4.69) is 6.58 Å². The number of ether oxygens (including phenoxy) is 1. The van der Waals surface area contributed by atoms with Crippen molar-refractivity contribution < 1.29 is 19.4 Å². The molecule has 0 fully saturated rings. The van der Waals surface area contributed by atoms with Crippen molar-refractivity contribution in [1.82, 2.24) is 0 Å². The number of esters is 1. The Labute approximate surface area is 106 Å². The number of hydrogen-bond donors (Lipinski definition) is 1. The highest BCUT2D eigenvalue weighted by Gasteiger charge is 2.18. The second-order valence-electron chi connectivity index (χ2n) is 4.23. The topological polar surface area (TPSA) is 63.6 Å². The van der Waals surface area contributed by atoms with E-state index in [-0.39, 0.29) is 17.2 Å². The summed E-state index contributed by atoms with van der Waals surface area (Å²) in [6.07, 6.45) is 0.234. The third-order valence-corrected chi connectivity index (χ3v) is 2.32. The maximum Gasteiger partial charge on any atom is 0.339 e. The first kappa shape index (κ1) is 14.0. The Morgan fingerprint density at radius 2 is 1.89 bits per heavy atom. The molecule has 0 bridgehead atoms. The molecule has 0 saturated heterocycles. The molecule has 4 nitrogen and oxygen atoms in total. The van der Waals surface area contributed by atoms with Crippen LogP contribution in [-0.4, -0.2) is 23.1 Å². The zero-order valence-corrected chi connectivity index (χ0v) is 10.5. The molecule has 0 radical (unpaired) electrons.